The van der Waals surface area contributed by atoms with E-state index in [2.05, 4.69) is 4.90 Å². The van der Waals surface area contributed by atoms with Crippen LogP contribution in [0.15, 0.2) is 10.5 Å². The SMILES string of the molecule is COC1CCCN(Cc2cc(C(=O)O)c(C)o2)C1. The molecule has 0 amide bonds. The van der Waals surface area contributed by atoms with E-state index in [4.69, 9.17) is 14.3 Å². The summed E-state index contributed by atoms with van der Waals surface area (Å²) in [7, 11) is 1.73. The zero-order valence-electron chi connectivity index (χ0n) is 10.8. The van der Waals surface area contributed by atoms with Gasteiger partial charge < -0.3 is 14.3 Å². The number of carboxylic acid groups (broad SMARTS) is 1. The fraction of sp³-hybridized carbons (Fsp3) is 0.615. The highest BCUT2D eigenvalue weighted by molar-refractivity contribution is 5.88. The molecular weight excluding hydrogens is 234 g/mol. The predicted molar refractivity (Wildman–Crippen MR) is 65.7 cm³/mol. The van der Waals surface area contributed by atoms with Crippen LogP contribution >= 0.6 is 0 Å². The lowest BCUT2D eigenvalue weighted by Crippen LogP contribution is -2.38. The number of aryl methyl sites for hydroxylation is 1. The summed E-state index contributed by atoms with van der Waals surface area (Å²) in [5.74, 6) is 0.246. The van der Waals surface area contributed by atoms with E-state index in [1.807, 2.05) is 0 Å². The fourth-order valence-corrected chi connectivity index (χ4v) is 2.40. The average molecular weight is 253 g/mol. The first-order valence-electron chi connectivity index (χ1n) is 6.18. The number of hydrogen-bond acceptors (Lipinski definition) is 4. The van der Waals surface area contributed by atoms with Gasteiger partial charge >= 0.3 is 5.97 Å². The Morgan fingerprint density at radius 2 is 2.44 bits per heavy atom. The van der Waals surface area contributed by atoms with Crippen LogP contribution in [0.3, 0.4) is 0 Å². The van der Waals surface area contributed by atoms with Crippen LogP contribution in [0.4, 0.5) is 0 Å². The van der Waals surface area contributed by atoms with E-state index in [1.165, 1.54) is 0 Å². The first-order valence-corrected chi connectivity index (χ1v) is 6.18. The summed E-state index contributed by atoms with van der Waals surface area (Å²) in [5.41, 5.74) is 0.255. The topological polar surface area (TPSA) is 62.9 Å². The van der Waals surface area contributed by atoms with Crippen LogP contribution in [0, 0.1) is 6.92 Å². The summed E-state index contributed by atoms with van der Waals surface area (Å²) >= 11 is 0. The molecule has 18 heavy (non-hydrogen) atoms. The molecular formula is C13H19NO4. The lowest BCUT2D eigenvalue weighted by Gasteiger charge is -2.31. The summed E-state index contributed by atoms with van der Waals surface area (Å²) in [4.78, 5) is 13.2. The van der Waals surface area contributed by atoms with Crippen LogP contribution in [-0.4, -0.2) is 42.3 Å². The van der Waals surface area contributed by atoms with Gasteiger partial charge in [0.2, 0.25) is 0 Å². The molecule has 1 unspecified atom stereocenters. The molecule has 2 heterocycles. The second-order valence-electron chi connectivity index (χ2n) is 4.72. The number of nitrogens with zero attached hydrogens (tertiary/aromatic N) is 1. The van der Waals surface area contributed by atoms with E-state index < -0.39 is 5.97 Å². The van der Waals surface area contributed by atoms with Crippen LogP contribution < -0.4 is 0 Å². The molecule has 0 aliphatic carbocycles. The maximum atomic E-state index is 10.9. The predicted octanol–water partition coefficient (Wildman–Crippen LogP) is 1.90. The molecule has 1 N–H and O–H groups in total. The Kier molecular flexibility index (Phi) is 4.04. The first kappa shape index (κ1) is 13.1. The lowest BCUT2D eigenvalue weighted by atomic mass is 10.1. The van der Waals surface area contributed by atoms with Crippen molar-refractivity contribution in [3.8, 4) is 0 Å². The second kappa shape index (κ2) is 5.54. The number of aromatic carboxylic acids is 1. The monoisotopic (exact) mass is 253 g/mol. The van der Waals surface area contributed by atoms with E-state index in [0.29, 0.717) is 18.1 Å². The van der Waals surface area contributed by atoms with E-state index in [9.17, 15) is 4.79 Å². The highest BCUT2D eigenvalue weighted by Gasteiger charge is 2.21. The zero-order valence-corrected chi connectivity index (χ0v) is 10.8. The summed E-state index contributed by atoms with van der Waals surface area (Å²) in [6, 6.07) is 1.62. The number of rotatable bonds is 4. The molecule has 1 saturated heterocycles. The molecule has 1 aromatic heterocycles. The van der Waals surface area contributed by atoms with Crippen LogP contribution in [-0.2, 0) is 11.3 Å². The summed E-state index contributed by atoms with van der Waals surface area (Å²) in [5, 5.41) is 8.97. The molecule has 5 heteroatoms. The Labute approximate surface area is 106 Å². The lowest BCUT2D eigenvalue weighted by molar-refractivity contribution is 0.0263. The number of furan rings is 1. The Morgan fingerprint density at radius 1 is 1.67 bits per heavy atom. The Balaban J connectivity index is 2.00. The molecule has 0 spiro atoms. The van der Waals surface area contributed by atoms with Crippen LogP contribution in [0.25, 0.3) is 0 Å². The van der Waals surface area contributed by atoms with Crippen LogP contribution in [0.2, 0.25) is 0 Å². The van der Waals surface area contributed by atoms with Crippen molar-refractivity contribution in [2.75, 3.05) is 20.2 Å². The van der Waals surface area contributed by atoms with E-state index in [-0.39, 0.29) is 11.7 Å². The van der Waals surface area contributed by atoms with Crippen molar-refractivity contribution in [2.24, 2.45) is 0 Å². The fourth-order valence-electron chi connectivity index (χ4n) is 2.40. The van der Waals surface area contributed by atoms with E-state index in [0.717, 1.165) is 25.9 Å². The highest BCUT2D eigenvalue weighted by atomic mass is 16.5. The number of carboxylic acids is 1. The number of methoxy groups -OCH3 is 1. The summed E-state index contributed by atoms with van der Waals surface area (Å²) in [6.07, 6.45) is 2.46. The van der Waals surface area contributed by atoms with Gasteiger partial charge in [0.1, 0.15) is 17.1 Å². The van der Waals surface area contributed by atoms with Crippen LogP contribution in [0.1, 0.15) is 34.7 Å². The van der Waals surface area contributed by atoms with Crippen molar-refractivity contribution in [3.05, 3.63) is 23.2 Å². The van der Waals surface area contributed by atoms with Gasteiger partial charge in [-0.3, -0.25) is 4.90 Å². The third-order valence-corrected chi connectivity index (χ3v) is 3.37. The molecule has 0 radical (unpaired) electrons. The molecule has 100 valence electrons. The maximum absolute atomic E-state index is 10.9. The Hall–Kier alpha value is -1.33. The molecule has 5 nitrogen and oxygen atoms in total. The van der Waals surface area contributed by atoms with Gasteiger partial charge in [0.25, 0.3) is 0 Å². The van der Waals surface area contributed by atoms with Gasteiger partial charge in [-0.15, -0.1) is 0 Å². The van der Waals surface area contributed by atoms with E-state index in [1.54, 1.807) is 20.1 Å². The summed E-state index contributed by atoms with van der Waals surface area (Å²) < 4.78 is 10.8. The van der Waals surface area contributed by atoms with Crippen molar-refractivity contribution in [1.29, 1.82) is 0 Å². The number of likely N-dealkylation sites (tertiary alicyclic amines) is 1. The minimum atomic E-state index is -0.934. The van der Waals surface area contributed by atoms with Crippen molar-refractivity contribution >= 4 is 5.97 Å². The van der Waals surface area contributed by atoms with Gasteiger partial charge in [-0.1, -0.05) is 0 Å². The molecule has 0 saturated carbocycles. The van der Waals surface area contributed by atoms with Crippen molar-refractivity contribution in [2.45, 2.75) is 32.4 Å². The standard InChI is InChI=1S/C13H19NO4/c1-9-12(13(15)16)6-11(18-9)8-14-5-3-4-10(7-14)17-2/h6,10H,3-5,7-8H2,1-2H3,(H,15,16). The number of piperidine rings is 1. The van der Waals surface area contributed by atoms with Crippen molar-refractivity contribution in [3.63, 3.8) is 0 Å². The molecule has 1 fully saturated rings. The largest absolute Gasteiger partial charge is 0.478 e. The minimum absolute atomic E-state index is 0.255. The van der Waals surface area contributed by atoms with Crippen molar-refractivity contribution in [1.82, 2.24) is 4.90 Å². The van der Waals surface area contributed by atoms with Gasteiger partial charge in [0.15, 0.2) is 0 Å². The quantitative estimate of drug-likeness (QED) is 0.887. The average Bonchev–Trinajstić information content (AvgIpc) is 2.70. The van der Waals surface area contributed by atoms with Gasteiger partial charge in [0, 0.05) is 13.7 Å². The second-order valence-corrected chi connectivity index (χ2v) is 4.72. The molecule has 1 aliphatic heterocycles. The normalized spacial score (nSPS) is 21.1. The molecule has 0 aromatic carbocycles. The molecule has 1 atom stereocenters. The number of carbonyl (C=O) groups is 1. The maximum Gasteiger partial charge on any atom is 0.339 e. The Bertz CT molecular complexity index is 427. The van der Waals surface area contributed by atoms with Gasteiger partial charge in [0.05, 0.1) is 12.6 Å². The molecule has 0 bridgehead atoms. The molecule has 1 aromatic rings. The third kappa shape index (κ3) is 2.91. The third-order valence-electron chi connectivity index (χ3n) is 3.37. The number of hydrogen-bond donors (Lipinski definition) is 1. The first-order chi connectivity index (χ1) is 8.60. The van der Waals surface area contributed by atoms with E-state index >= 15 is 0 Å². The molecule has 1 aliphatic rings. The zero-order chi connectivity index (χ0) is 13.1. The number of ether oxygens (including phenoxy) is 1. The van der Waals surface area contributed by atoms with Gasteiger partial charge in [-0.2, -0.15) is 0 Å². The smallest absolute Gasteiger partial charge is 0.339 e. The van der Waals surface area contributed by atoms with Crippen LogP contribution in [0.5, 0.6) is 0 Å². The minimum Gasteiger partial charge on any atom is -0.478 e. The van der Waals surface area contributed by atoms with Gasteiger partial charge in [-0.25, -0.2) is 4.79 Å². The highest BCUT2D eigenvalue weighted by Crippen LogP contribution is 2.19. The molecule has 2 rings (SSSR count). The Morgan fingerprint density at radius 3 is 3.06 bits per heavy atom. The summed E-state index contributed by atoms with van der Waals surface area (Å²) in [6.45, 7) is 4.20. The van der Waals surface area contributed by atoms with Gasteiger partial charge in [-0.05, 0) is 32.4 Å². The van der Waals surface area contributed by atoms with Crippen molar-refractivity contribution < 1.29 is 19.1 Å².